The van der Waals surface area contributed by atoms with Crippen LogP contribution in [0.5, 0.6) is 0 Å². The molecule has 0 atom stereocenters. The number of thiocarbonyl (C=S) groups is 1. The highest BCUT2D eigenvalue weighted by atomic mass is 32.1. The molecule has 0 unspecified atom stereocenters. The first-order valence-electron chi connectivity index (χ1n) is 6.24. The number of nitrogens with two attached hydrogens (primary N) is 1. The standard InChI is InChI=1S/C16H13N3S/c17-16(20)12-5-1-2-6-14(12)19-15-7-3-4-11-8-9-18-10-13(11)15/h1-10,19H,(H2,17,20). The summed E-state index contributed by atoms with van der Waals surface area (Å²) in [5, 5.41) is 5.59. The number of hydrogen-bond acceptors (Lipinski definition) is 3. The second-order valence-corrected chi connectivity index (χ2v) is 4.88. The third-order valence-electron chi connectivity index (χ3n) is 3.15. The van der Waals surface area contributed by atoms with Crippen molar-refractivity contribution in [3.05, 3.63) is 66.5 Å². The van der Waals surface area contributed by atoms with Crippen LogP contribution in [0, 0.1) is 0 Å². The Morgan fingerprint density at radius 3 is 2.65 bits per heavy atom. The molecule has 0 amide bonds. The molecular weight excluding hydrogens is 266 g/mol. The van der Waals surface area contributed by atoms with Gasteiger partial charge in [0.05, 0.1) is 0 Å². The Kier molecular flexibility index (Phi) is 3.31. The van der Waals surface area contributed by atoms with Crippen molar-refractivity contribution in [2.24, 2.45) is 5.73 Å². The molecule has 98 valence electrons. The van der Waals surface area contributed by atoms with E-state index in [1.807, 2.05) is 48.7 Å². The predicted molar refractivity (Wildman–Crippen MR) is 87.4 cm³/mol. The molecule has 0 fully saturated rings. The molecule has 3 N–H and O–H groups in total. The Morgan fingerprint density at radius 2 is 1.80 bits per heavy atom. The third-order valence-corrected chi connectivity index (χ3v) is 3.37. The van der Waals surface area contributed by atoms with Crippen LogP contribution in [0.15, 0.2) is 60.9 Å². The molecule has 3 rings (SSSR count). The largest absolute Gasteiger partial charge is 0.389 e. The summed E-state index contributed by atoms with van der Waals surface area (Å²) in [6.45, 7) is 0. The van der Waals surface area contributed by atoms with Gasteiger partial charge < -0.3 is 11.1 Å². The van der Waals surface area contributed by atoms with Crippen LogP contribution in [0.3, 0.4) is 0 Å². The molecule has 0 spiro atoms. The minimum absolute atomic E-state index is 0.381. The summed E-state index contributed by atoms with van der Waals surface area (Å²) >= 11 is 5.09. The zero-order valence-corrected chi connectivity index (χ0v) is 11.5. The van der Waals surface area contributed by atoms with Gasteiger partial charge in [0.1, 0.15) is 4.99 Å². The first-order chi connectivity index (χ1) is 9.75. The van der Waals surface area contributed by atoms with E-state index in [9.17, 15) is 0 Å². The van der Waals surface area contributed by atoms with Crippen LogP contribution < -0.4 is 11.1 Å². The fourth-order valence-corrected chi connectivity index (χ4v) is 2.35. The van der Waals surface area contributed by atoms with Gasteiger partial charge in [-0.2, -0.15) is 0 Å². The Bertz CT molecular complexity index is 778. The maximum Gasteiger partial charge on any atom is 0.106 e. The van der Waals surface area contributed by atoms with Gasteiger partial charge in [-0.25, -0.2) is 0 Å². The lowest BCUT2D eigenvalue weighted by atomic mass is 10.1. The van der Waals surface area contributed by atoms with Gasteiger partial charge in [-0.05, 0) is 29.7 Å². The van der Waals surface area contributed by atoms with E-state index >= 15 is 0 Å². The van der Waals surface area contributed by atoms with E-state index in [-0.39, 0.29) is 0 Å². The van der Waals surface area contributed by atoms with Gasteiger partial charge in [-0.15, -0.1) is 0 Å². The number of pyridine rings is 1. The molecule has 3 aromatic rings. The lowest BCUT2D eigenvalue weighted by molar-refractivity contribution is 1.36. The van der Waals surface area contributed by atoms with Crippen LogP contribution >= 0.6 is 12.2 Å². The molecule has 4 heteroatoms. The number of hydrogen-bond donors (Lipinski definition) is 2. The fourth-order valence-electron chi connectivity index (χ4n) is 2.17. The van der Waals surface area contributed by atoms with E-state index in [4.69, 9.17) is 18.0 Å². The van der Waals surface area contributed by atoms with Gasteiger partial charge in [0.25, 0.3) is 0 Å². The molecule has 2 aromatic carbocycles. The highest BCUT2D eigenvalue weighted by Gasteiger charge is 2.06. The molecule has 1 heterocycles. The van der Waals surface area contributed by atoms with Crippen LogP contribution in [0.4, 0.5) is 11.4 Å². The van der Waals surface area contributed by atoms with Crippen LogP contribution in [-0.4, -0.2) is 9.97 Å². The van der Waals surface area contributed by atoms with Gasteiger partial charge in [-0.1, -0.05) is 36.5 Å². The number of rotatable bonds is 3. The quantitative estimate of drug-likeness (QED) is 0.719. The highest BCUT2D eigenvalue weighted by molar-refractivity contribution is 7.80. The number of nitrogens with zero attached hydrogens (tertiary/aromatic N) is 1. The zero-order chi connectivity index (χ0) is 13.9. The monoisotopic (exact) mass is 279 g/mol. The number of aromatic nitrogens is 1. The number of nitrogens with one attached hydrogen (secondary N) is 1. The normalized spacial score (nSPS) is 10.4. The van der Waals surface area contributed by atoms with Crippen molar-refractivity contribution >= 4 is 39.4 Å². The van der Waals surface area contributed by atoms with Crippen LogP contribution in [0.1, 0.15) is 5.56 Å². The maximum absolute atomic E-state index is 5.76. The van der Waals surface area contributed by atoms with E-state index in [0.717, 1.165) is 27.7 Å². The summed E-state index contributed by atoms with van der Waals surface area (Å²) in [4.78, 5) is 4.56. The van der Waals surface area contributed by atoms with Crippen molar-refractivity contribution in [2.45, 2.75) is 0 Å². The summed E-state index contributed by atoms with van der Waals surface area (Å²) in [5.41, 5.74) is 8.48. The molecular formula is C16H13N3S. The summed E-state index contributed by atoms with van der Waals surface area (Å²) in [6.07, 6.45) is 3.64. The molecule has 0 saturated carbocycles. The van der Waals surface area contributed by atoms with E-state index in [2.05, 4.69) is 16.4 Å². The van der Waals surface area contributed by atoms with Gasteiger partial charge in [-0.3, -0.25) is 4.98 Å². The Balaban J connectivity index is 2.08. The number of benzene rings is 2. The Morgan fingerprint density at radius 1 is 1.00 bits per heavy atom. The number of para-hydroxylation sites is 1. The predicted octanol–water partition coefficient (Wildman–Crippen LogP) is 3.61. The first-order valence-corrected chi connectivity index (χ1v) is 6.65. The highest BCUT2D eigenvalue weighted by Crippen LogP contribution is 2.27. The summed E-state index contributed by atoms with van der Waals surface area (Å²) in [7, 11) is 0. The average Bonchev–Trinajstić information content (AvgIpc) is 2.48. The lowest BCUT2D eigenvalue weighted by Gasteiger charge is -2.12. The summed E-state index contributed by atoms with van der Waals surface area (Å²) in [6, 6.07) is 15.8. The first kappa shape index (κ1) is 12.6. The number of fused-ring (bicyclic) bond motifs is 1. The van der Waals surface area contributed by atoms with Crippen LogP contribution in [0.2, 0.25) is 0 Å². The van der Waals surface area contributed by atoms with E-state index in [1.54, 1.807) is 6.20 Å². The van der Waals surface area contributed by atoms with E-state index in [1.165, 1.54) is 0 Å². The van der Waals surface area contributed by atoms with Crippen molar-refractivity contribution in [3.8, 4) is 0 Å². The van der Waals surface area contributed by atoms with Gasteiger partial charge in [0.15, 0.2) is 0 Å². The maximum atomic E-state index is 5.76. The minimum atomic E-state index is 0.381. The second-order valence-electron chi connectivity index (χ2n) is 4.44. The van der Waals surface area contributed by atoms with Crippen molar-refractivity contribution in [3.63, 3.8) is 0 Å². The van der Waals surface area contributed by atoms with Gasteiger partial charge in [0, 0.05) is 34.7 Å². The Hall–Kier alpha value is -2.46. The van der Waals surface area contributed by atoms with Crippen molar-refractivity contribution in [2.75, 3.05) is 5.32 Å². The van der Waals surface area contributed by atoms with E-state index < -0.39 is 0 Å². The topological polar surface area (TPSA) is 50.9 Å². The molecule has 3 nitrogen and oxygen atoms in total. The summed E-state index contributed by atoms with van der Waals surface area (Å²) < 4.78 is 0. The lowest BCUT2D eigenvalue weighted by Crippen LogP contribution is -2.11. The third kappa shape index (κ3) is 2.33. The molecule has 0 radical (unpaired) electrons. The van der Waals surface area contributed by atoms with Gasteiger partial charge in [0.2, 0.25) is 0 Å². The molecule has 0 aliphatic carbocycles. The molecule has 0 saturated heterocycles. The molecule has 20 heavy (non-hydrogen) atoms. The fraction of sp³-hybridized carbons (Fsp3) is 0. The second kappa shape index (κ2) is 5.27. The van der Waals surface area contributed by atoms with Crippen molar-refractivity contribution < 1.29 is 0 Å². The number of anilines is 2. The molecule has 1 aromatic heterocycles. The van der Waals surface area contributed by atoms with Crippen molar-refractivity contribution in [1.29, 1.82) is 0 Å². The zero-order valence-electron chi connectivity index (χ0n) is 10.7. The minimum Gasteiger partial charge on any atom is -0.389 e. The van der Waals surface area contributed by atoms with Crippen LogP contribution in [-0.2, 0) is 0 Å². The summed E-state index contributed by atoms with van der Waals surface area (Å²) in [5.74, 6) is 0. The van der Waals surface area contributed by atoms with Crippen LogP contribution in [0.25, 0.3) is 10.8 Å². The molecule has 0 aliphatic rings. The smallest absolute Gasteiger partial charge is 0.106 e. The van der Waals surface area contributed by atoms with Gasteiger partial charge >= 0.3 is 0 Å². The Labute approximate surface area is 122 Å². The van der Waals surface area contributed by atoms with E-state index in [0.29, 0.717) is 4.99 Å². The molecule has 0 bridgehead atoms. The molecule has 0 aliphatic heterocycles. The SMILES string of the molecule is NC(=S)c1ccccc1Nc1cccc2ccncc12. The van der Waals surface area contributed by atoms with Crippen molar-refractivity contribution in [1.82, 2.24) is 4.98 Å². The average molecular weight is 279 g/mol.